The fourth-order valence-corrected chi connectivity index (χ4v) is 3.57. The molecule has 1 aromatic carbocycles. The van der Waals surface area contributed by atoms with Gasteiger partial charge in [0.2, 0.25) is 0 Å². The van der Waals surface area contributed by atoms with Crippen molar-refractivity contribution < 1.29 is 19.0 Å². The second-order valence-corrected chi connectivity index (χ2v) is 6.41. The summed E-state index contributed by atoms with van der Waals surface area (Å²) in [6.45, 7) is 3.24. The van der Waals surface area contributed by atoms with Crippen molar-refractivity contribution in [2.75, 3.05) is 47.0 Å². The Labute approximate surface area is 143 Å². The predicted molar refractivity (Wildman–Crippen MR) is 90.5 cm³/mol. The molecule has 1 N–H and O–H groups in total. The zero-order valence-electron chi connectivity index (χ0n) is 14.4. The summed E-state index contributed by atoms with van der Waals surface area (Å²) in [7, 11) is 3.57. The van der Waals surface area contributed by atoms with Gasteiger partial charge in [-0.15, -0.1) is 0 Å². The summed E-state index contributed by atoms with van der Waals surface area (Å²) in [5, 5.41) is 3.03. The molecule has 0 radical (unpaired) electrons. The van der Waals surface area contributed by atoms with Crippen molar-refractivity contribution in [1.29, 1.82) is 0 Å². The maximum atomic E-state index is 12.9. The quantitative estimate of drug-likeness (QED) is 0.795. The van der Waals surface area contributed by atoms with E-state index in [1.54, 1.807) is 13.2 Å². The summed E-state index contributed by atoms with van der Waals surface area (Å²) in [4.78, 5) is 14.7. The van der Waals surface area contributed by atoms with Crippen LogP contribution >= 0.6 is 0 Å². The lowest BCUT2D eigenvalue weighted by Gasteiger charge is -2.27. The molecule has 2 heterocycles. The number of likely N-dealkylation sites (N-methyl/N-ethyl adjacent to an activating group) is 1. The van der Waals surface area contributed by atoms with Crippen LogP contribution in [0.3, 0.4) is 0 Å². The second kappa shape index (κ2) is 7.51. The van der Waals surface area contributed by atoms with Gasteiger partial charge in [0.05, 0.1) is 13.1 Å². The molecule has 1 spiro atoms. The van der Waals surface area contributed by atoms with Gasteiger partial charge in [0.15, 0.2) is 0 Å². The number of likely N-dealkylation sites (tertiary alicyclic amines) is 1. The Morgan fingerprint density at radius 1 is 1.50 bits per heavy atom. The maximum absolute atomic E-state index is 12.9. The van der Waals surface area contributed by atoms with E-state index in [2.05, 4.69) is 5.32 Å². The van der Waals surface area contributed by atoms with E-state index in [0.717, 1.165) is 26.0 Å². The van der Waals surface area contributed by atoms with E-state index in [9.17, 15) is 4.79 Å². The molecule has 2 fully saturated rings. The van der Waals surface area contributed by atoms with Crippen molar-refractivity contribution in [3.63, 3.8) is 0 Å². The van der Waals surface area contributed by atoms with Crippen LogP contribution in [0.2, 0.25) is 0 Å². The molecule has 2 saturated heterocycles. The van der Waals surface area contributed by atoms with Gasteiger partial charge < -0.3 is 24.4 Å². The Kier molecular flexibility index (Phi) is 5.38. The number of nitrogens with one attached hydrogen (secondary N) is 1. The Morgan fingerprint density at radius 3 is 3.08 bits per heavy atom. The highest BCUT2D eigenvalue weighted by Gasteiger charge is 2.51. The van der Waals surface area contributed by atoms with Crippen LogP contribution in [-0.4, -0.2) is 69.5 Å². The number of hydrogen-bond acceptors (Lipinski definition) is 5. The summed E-state index contributed by atoms with van der Waals surface area (Å²) in [5.74, 6) is 0.717. The molecule has 24 heavy (non-hydrogen) atoms. The second-order valence-electron chi connectivity index (χ2n) is 6.41. The van der Waals surface area contributed by atoms with Crippen LogP contribution in [0.4, 0.5) is 0 Å². The van der Waals surface area contributed by atoms with Gasteiger partial charge in [-0.2, -0.15) is 0 Å². The van der Waals surface area contributed by atoms with Gasteiger partial charge in [-0.05, 0) is 38.1 Å². The summed E-state index contributed by atoms with van der Waals surface area (Å²) < 4.78 is 17.2. The Hall–Kier alpha value is -1.63. The zero-order valence-corrected chi connectivity index (χ0v) is 14.4. The highest BCUT2D eigenvalue weighted by molar-refractivity contribution is 5.95. The molecule has 1 aromatic rings. The summed E-state index contributed by atoms with van der Waals surface area (Å²) >= 11 is 0. The minimum absolute atomic E-state index is 0.00323. The smallest absolute Gasteiger partial charge is 0.254 e. The highest BCUT2D eigenvalue weighted by atomic mass is 16.6. The summed E-state index contributed by atoms with van der Waals surface area (Å²) in [6.07, 6.45) is 1.91. The fourth-order valence-electron chi connectivity index (χ4n) is 3.57. The fraction of sp³-hybridized carbons (Fsp3) is 0.611. The van der Waals surface area contributed by atoms with E-state index < -0.39 is 0 Å². The molecule has 6 nitrogen and oxygen atoms in total. The Bertz CT molecular complexity index is 572. The Balaban J connectivity index is 1.69. The number of nitrogens with zero attached hydrogens (tertiary/aromatic N) is 1. The van der Waals surface area contributed by atoms with Crippen LogP contribution in [0.25, 0.3) is 0 Å². The molecule has 6 heteroatoms. The van der Waals surface area contributed by atoms with Gasteiger partial charge in [-0.25, -0.2) is 0 Å². The van der Waals surface area contributed by atoms with Crippen LogP contribution in [0, 0.1) is 0 Å². The van der Waals surface area contributed by atoms with Crippen LogP contribution in [0.5, 0.6) is 5.75 Å². The van der Waals surface area contributed by atoms with Crippen molar-refractivity contribution in [2.45, 2.75) is 24.5 Å². The van der Waals surface area contributed by atoms with E-state index in [4.69, 9.17) is 14.2 Å². The van der Waals surface area contributed by atoms with Crippen molar-refractivity contribution in [3.8, 4) is 5.75 Å². The molecule has 132 valence electrons. The third-order valence-electron chi connectivity index (χ3n) is 4.84. The molecule has 1 amide bonds. The van der Waals surface area contributed by atoms with E-state index >= 15 is 0 Å². The topological polar surface area (TPSA) is 60.0 Å². The Morgan fingerprint density at radius 2 is 2.38 bits per heavy atom. The molecule has 0 aliphatic carbocycles. The normalized spacial score (nSPS) is 26.2. The lowest BCUT2D eigenvalue weighted by atomic mass is 9.96. The molecule has 0 saturated carbocycles. The number of carbonyl (C=O) groups is 1. The standard InChI is InChI=1S/C18H26N2O4/c1-19-8-10-23-15-6-3-5-14(11-15)17(21)20-12-16(22-2)18(13-20)7-4-9-24-18/h3,5-6,11,16,19H,4,7-10,12-13H2,1-2H3/t16-,18-/m0/s1. The zero-order chi connectivity index (χ0) is 17.0. The van der Waals surface area contributed by atoms with E-state index in [1.165, 1.54) is 0 Å². The third kappa shape index (κ3) is 3.41. The lowest BCUT2D eigenvalue weighted by molar-refractivity contribution is -0.0754. The number of ether oxygens (including phenoxy) is 3. The number of rotatable bonds is 6. The minimum Gasteiger partial charge on any atom is -0.492 e. The van der Waals surface area contributed by atoms with E-state index in [1.807, 2.05) is 30.1 Å². The molecule has 2 atom stereocenters. The average molecular weight is 334 g/mol. The first-order chi connectivity index (χ1) is 11.7. The first-order valence-corrected chi connectivity index (χ1v) is 8.52. The van der Waals surface area contributed by atoms with Crippen LogP contribution in [0.15, 0.2) is 24.3 Å². The number of methoxy groups -OCH3 is 1. The predicted octanol–water partition coefficient (Wildman–Crippen LogP) is 1.30. The number of amides is 1. The van der Waals surface area contributed by atoms with Crippen LogP contribution in [-0.2, 0) is 9.47 Å². The van der Waals surface area contributed by atoms with Crippen molar-refractivity contribution in [3.05, 3.63) is 29.8 Å². The molecule has 2 aliphatic rings. The first kappa shape index (κ1) is 17.2. The van der Waals surface area contributed by atoms with Gasteiger partial charge in [0.25, 0.3) is 5.91 Å². The highest BCUT2D eigenvalue weighted by Crippen LogP contribution is 2.37. The summed E-state index contributed by atoms with van der Waals surface area (Å²) in [6, 6.07) is 7.36. The first-order valence-electron chi connectivity index (χ1n) is 8.52. The maximum Gasteiger partial charge on any atom is 0.254 e. The molecule has 3 rings (SSSR count). The number of hydrogen-bond donors (Lipinski definition) is 1. The number of carbonyl (C=O) groups excluding carboxylic acids is 1. The molecular weight excluding hydrogens is 308 g/mol. The minimum atomic E-state index is -0.328. The summed E-state index contributed by atoms with van der Waals surface area (Å²) in [5.41, 5.74) is 0.313. The van der Waals surface area contributed by atoms with Crippen LogP contribution in [0.1, 0.15) is 23.2 Å². The molecule has 0 aromatic heterocycles. The molecule has 0 bridgehead atoms. The van der Waals surface area contributed by atoms with Crippen molar-refractivity contribution >= 4 is 5.91 Å². The lowest BCUT2D eigenvalue weighted by Crippen LogP contribution is -2.42. The monoisotopic (exact) mass is 334 g/mol. The average Bonchev–Trinajstić information content (AvgIpc) is 3.22. The largest absolute Gasteiger partial charge is 0.492 e. The van der Waals surface area contributed by atoms with Crippen molar-refractivity contribution in [2.24, 2.45) is 0 Å². The van der Waals surface area contributed by atoms with Gasteiger partial charge in [-0.3, -0.25) is 4.79 Å². The van der Waals surface area contributed by atoms with Crippen molar-refractivity contribution in [1.82, 2.24) is 10.2 Å². The van der Waals surface area contributed by atoms with Crippen LogP contribution < -0.4 is 10.1 Å². The van der Waals surface area contributed by atoms with Gasteiger partial charge in [-0.1, -0.05) is 6.07 Å². The van der Waals surface area contributed by atoms with Gasteiger partial charge in [0.1, 0.15) is 24.1 Å². The molecular formula is C18H26N2O4. The number of benzene rings is 1. The van der Waals surface area contributed by atoms with Gasteiger partial charge >= 0.3 is 0 Å². The molecule has 0 unspecified atom stereocenters. The third-order valence-corrected chi connectivity index (χ3v) is 4.84. The molecule has 2 aliphatic heterocycles. The van der Waals surface area contributed by atoms with Gasteiger partial charge in [0, 0.05) is 25.8 Å². The van der Waals surface area contributed by atoms with E-state index in [0.29, 0.717) is 31.0 Å². The SMILES string of the molecule is CNCCOc1cccc(C(=O)N2C[C@H](OC)[C@]3(CCCO3)C2)c1. The van der Waals surface area contributed by atoms with E-state index in [-0.39, 0.29) is 17.6 Å².